The highest BCUT2D eigenvalue weighted by Gasteiger charge is 2.54. The Hall–Kier alpha value is -1.65. The number of imide groups is 1. The van der Waals surface area contributed by atoms with Gasteiger partial charge in [0.25, 0.3) is 0 Å². The molecule has 2 aliphatic rings. The van der Waals surface area contributed by atoms with Crippen LogP contribution >= 0.6 is 27.7 Å². The zero-order valence-electron chi connectivity index (χ0n) is 20.6. The molecule has 1 aromatic rings. The summed E-state index contributed by atoms with van der Waals surface area (Å²) in [6.07, 6.45) is -0.813. The molecule has 1 heterocycles. The highest BCUT2D eigenvalue weighted by molar-refractivity contribution is 9.10. The highest BCUT2D eigenvalue weighted by atomic mass is 79.9. The van der Waals surface area contributed by atoms with Crippen LogP contribution in [0.2, 0.25) is 0 Å². The highest BCUT2D eigenvalue weighted by Crippen LogP contribution is 2.53. The predicted molar refractivity (Wildman–Crippen MR) is 133 cm³/mol. The molecule has 1 saturated carbocycles. The molecule has 0 saturated heterocycles. The fraction of sp³-hybridized carbons (Fsp3) is 0.625. The largest absolute Gasteiger partial charge is 0.443 e. The summed E-state index contributed by atoms with van der Waals surface area (Å²) < 4.78 is 32.5. The van der Waals surface area contributed by atoms with E-state index in [1.165, 1.54) is 17.8 Å². The molecular formula is C24H32BrFN2O5S. The molecule has 1 aromatic carbocycles. The number of ether oxygens (including phenoxy) is 3. The molecule has 1 aliphatic carbocycles. The first-order valence-electron chi connectivity index (χ1n) is 11.1. The number of carbonyl (C=O) groups excluding carboxylic acids is 2. The molecule has 7 nitrogen and oxygen atoms in total. The van der Waals surface area contributed by atoms with Crippen LogP contribution < -0.4 is 0 Å². The number of nitrogens with zero attached hydrogens (tertiary/aromatic N) is 2. The Balaban J connectivity index is 2.14. The summed E-state index contributed by atoms with van der Waals surface area (Å²) in [5.74, 6) is 0.0717. The lowest BCUT2D eigenvalue weighted by molar-refractivity contribution is 0.0150. The molecule has 0 bridgehead atoms. The van der Waals surface area contributed by atoms with E-state index in [2.05, 4.69) is 15.9 Å². The van der Waals surface area contributed by atoms with Crippen molar-refractivity contribution in [2.45, 2.75) is 77.2 Å². The van der Waals surface area contributed by atoms with Gasteiger partial charge in [-0.15, -0.1) is 0 Å². The van der Waals surface area contributed by atoms with Crippen LogP contribution in [0, 0.1) is 11.7 Å². The number of amidine groups is 1. The molecule has 0 spiro atoms. The number of rotatable bonds is 2. The summed E-state index contributed by atoms with van der Waals surface area (Å²) in [5, 5.41) is 0.121. The third kappa shape index (κ3) is 5.94. The Kier molecular flexibility index (Phi) is 7.75. The van der Waals surface area contributed by atoms with E-state index in [4.69, 9.17) is 19.2 Å². The van der Waals surface area contributed by atoms with Gasteiger partial charge in [0, 0.05) is 35.2 Å². The van der Waals surface area contributed by atoms with Gasteiger partial charge in [-0.05, 0) is 66.2 Å². The zero-order chi connectivity index (χ0) is 25.5. The first-order chi connectivity index (χ1) is 15.6. The van der Waals surface area contributed by atoms with Crippen LogP contribution in [0.4, 0.5) is 14.0 Å². The number of thioether (sulfide) groups is 1. The number of aliphatic imine (C=N–C) groups is 1. The van der Waals surface area contributed by atoms with Gasteiger partial charge in [-0.25, -0.2) is 19.0 Å². The molecule has 188 valence electrons. The van der Waals surface area contributed by atoms with E-state index in [1.54, 1.807) is 60.8 Å². The van der Waals surface area contributed by atoms with Crippen LogP contribution in [0.15, 0.2) is 27.7 Å². The van der Waals surface area contributed by atoms with Gasteiger partial charge in [-0.2, -0.15) is 4.90 Å². The van der Waals surface area contributed by atoms with Crippen molar-refractivity contribution < 1.29 is 28.2 Å². The van der Waals surface area contributed by atoms with E-state index in [-0.39, 0.29) is 17.2 Å². The molecule has 0 unspecified atom stereocenters. The number of carbonyl (C=O) groups is 2. The van der Waals surface area contributed by atoms with Gasteiger partial charge in [0.15, 0.2) is 5.17 Å². The number of benzene rings is 1. The topological polar surface area (TPSA) is 77.4 Å². The number of hydrogen-bond donors (Lipinski definition) is 0. The average molecular weight is 559 g/mol. The first kappa shape index (κ1) is 26.9. The van der Waals surface area contributed by atoms with Gasteiger partial charge in [0.2, 0.25) is 0 Å². The van der Waals surface area contributed by atoms with Crippen molar-refractivity contribution in [1.82, 2.24) is 4.90 Å². The van der Waals surface area contributed by atoms with Crippen molar-refractivity contribution in [3.8, 4) is 0 Å². The fourth-order valence-electron chi connectivity index (χ4n) is 4.19. The number of amides is 2. The molecule has 3 atom stereocenters. The Morgan fingerprint density at radius 1 is 1.15 bits per heavy atom. The fourth-order valence-corrected chi connectivity index (χ4v) is 5.82. The maximum Gasteiger partial charge on any atom is 0.426 e. The smallest absolute Gasteiger partial charge is 0.426 e. The van der Waals surface area contributed by atoms with Crippen molar-refractivity contribution in [2.75, 3.05) is 12.9 Å². The second kappa shape index (κ2) is 9.78. The normalized spacial score (nSPS) is 24.8. The molecule has 0 aromatic heterocycles. The summed E-state index contributed by atoms with van der Waals surface area (Å²) in [6.45, 7) is 10.3. The quantitative estimate of drug-likeness (QED) is 0.413. The van der Waals surface area contributed by atoms with Crippen LogP contribution in [-0.4, -0.2) is 52.4 Å². The van der Waals surface area contributed by atoms with E-state index in [1.807, 2.05) is 0 Å². The molecule has 2 amide bonds. The van der Waals surface area contributed by atoms with Gasteiger partial charge in [0.05, 0.1) is 11.6 Å². The molecule has 10 heteroatoms. The second-order valence-electron chi connectivity index (χ2n) is 10.5. The number of fused-ring (bicyclic) bond motifs is 1. The van der Waals surface area contributed by atoms with E-state index in [9.17, 15) is 9.59 Å². The Morgan fingerprint density at radius 3 is 2.26 bits per heavy atom. The molecular weight excluding hydrogens is 527 g/mol. The molecule has 0 radical (unpaired) electrons. The lowest BCUT2D eigenvalue weighted by atomic mass is 9.81. The third-order valence-corrected chi connectivity index (χ3v) is 7.14. The lowest BCUT2D eigenvalue weighted by Crippen LogP contribution is -2.49. The predicted octanol–water partition coefficient (Wildman–Crippen LogP) is 6.48. The molecule has 0 N–H and O–H groups in total. The van der Waals surface area contributed by atoms with Crippen molar-refractivity contribution in [3.05, 3.63) is 34.1 Å². The van der Waals surface area contributed by atoms with Gasteiger partial charge >= 0.3 is 12.2 Å². The monoisotopic (exact) mass is 558 g/mol. The minimum Gasteiger partial charge on any atom is -0.443 e. The Labute approximate surface area is 212 Å². The number of hydrogen-bond acceptors (Lipinski definition) is 7. The van der Waals surface area contributed by atoms with Crippen LogP contribution in [0.3, 0.4) is 0 Å². The van der Waals surface area contributed by atoms with E-state index >= 15 is 4.39 Å². The molecule has 1 aliphatic heterocycles. The van der Waals surface area contributed by atoms with Crippen LogP contribution in [0.25, 0.3) is 0 Å². The van der Waals surface area contributed by atoms with Gasteiger partial charge in [-0.1, -0.05) is 27.7 Å². The van der Waals surface area contributed by atoms with Crippen LogP contribution in [0.5, 0.6) is 0 Å². The number of methoxy groups -OCH3 is 1. The standard InChI is InChI=1S/C24H32BrFN2O5S/c1-22(2,3)32-20(29)28(21(30)33-23(4,5)6)19-27-24(17-11-15(25)8-9-18(17)26)12-16(31-7)10-14(24)13-34-19/h8-9,11,14,16H,10,12-13H2,1-7H3/t14-,16-,24-/m0/s1. The number of halogens is 2. The lowest BCUT2D eigenvalue weighted by Gasteiger charge is -2.38. The summed E-state index contributed by atoms with van der Waals surface area (Å²) >= 11 is 4.69. The van der Waals surface area contributed by atoms with Crippen LogP contribution in [-0.2, 0) is 19.7 Å². The average Bonchev–Trinajstić information content (AvgIpc) is 3.06. The summed E-state index contributed by atoms with van der Waals surface area (Å²) in [6, 6.07) is 4.73. The van der Waals surface area contributed by atoms with E-state index in [0.717, 1.165) is 4.90 Å². The summed E-state index contributed by atoms with van der Waals surface area (Å²) in [5.41, 5.74) is -2.29. The van der Waals surface area contributed by atoms with E-state index in [0.29, 0.717) is 28.6 Å². The second-order valence-corrected chi connectivity index (χ2v) is 12.4. The maximum atomic E-state index is 15.2. The third-order valence-electron chi connectivity index (χ3n) is 5.54. The van der Waals surface area contributed by atoms with E-state index < -0.39 is 34.7 Å². The molecule has 1 fully saturated rings. The van der Waals surface area contributed by atoms with Gasteiger partial charge < -0.3 is 14.2 Å². The molecule has 34 heavy (non-hydrogen) atoms. The Morgan fingerprint density at radius 2 is 1.74 bits per heavy atom. The van der Waals surface area contributed by atoms with Crippen molar-refractivity contribution in [2.24, 2.45) is 10.9 Å². The van der Waals surface area contributed by atoms with Crippen molar-refractivity contribution in [3.63, 3.8) is 0 Å². The Bertz CT molecular complexity index is 963. The minimum atomic E-state index is -1.00. The summed E-state index contributed by atoms with van der Waals surface area (Å²) in [7, 11) is 1.62. The van der Waals surface area contributed by atoms with Gasteiger partial charge in [-0.3, -0.25) is 0 Å². The SMILES string of the molecule is CO[C@H]1C[C@H]2CSC(N(C(=O)OC(C)(C)C)C(=O)OC(C)(C)C)=N[C@@]2(c2cc(Br)ccc2F)C1. The van der Waals surface area contributed by atoms with Crippen LogP contribution in [0.1, 0.15) is 59.9 Å². The first-order valence-corrected chi connectivity index (χ1v) is 12.9. The summed E-state index contributed by atoms with van der Waals surface area (Å²) in [4.78, 5) is 32.1. The zero-order valence-corrected chi connectivity index (χ0v) is 23.0. The van der Waals surface area contributed by atoms with Gasteiger partial charge in [0.1, 0.15) is 17.0 Å². The van der Waals surface area contributed by atoms with Crippen molar-refractivity contribution in [1.29, 1.82) is 0 Å². The maximum absolute atomic E-state index is 15.2. The minimum absolute atomic E-state index is 0.0471. The molecule has 3 rings (SSSR count). The van der Waals surface area contributed by atoms with Crippen molar-refractivity contribution >= 4 is 45.0 Å².